The van der Waals surface area contributed by atoms with Crippen molar-refractivity contribution in [1.82, 2.24) is 5.32 Å². The van der Waals surface area contributed by atoms with Crippen LogP contribution in [0.15, 0.2) is 48.5 Å². The van der Waals surface area contributed by atoms with Crippen LogP contribution >= 0.6 is 11.6 Å². The Labute approximate surface area is 166 Å². The third-order valence-electron chi connectivity index (χ3n) is 5.29. The zero-order chi connectivity index (χ0) is 19.4. The first-order valence-corrected chi connectivity index (χ1v) is 9.76. The number of hydrogen-bond acceptors (Lipinski definition) is 2. The van der Waals surface area contributed by atoms with E-state index in [1.54, 1.807) is 0 Å². The van der Waals surface area contributed by atoms with Crippen LogP contribution in [0.5, 0.6) is 0 Å². The van der Waals surface area contributed by atoms with Gasteiger partial charge in [0.1, 0.15) is 0 Å². The second-order valence-electron chi connectivity index (χ2n) is 7.96. The summed E-state index contributed by atoms with van der Waals surface area (Å²) in [7, 11) is 4.46. The highest BCUT2D eigenvalue weighted by atomic mass is 35.5. The second kappa shape index (κ2) is 8.24. The number of rotatable bonds is 5. The summed E-state index contributed by atoms with van der Waals surface area (Å²) >= 11 is 5.93. The van der Waals surface area contributed by atoms with Crippen molar-refractivity contribution in [2.24, 2.45) is 0 Å². The molecule has 0 aliphatic carbocycles. The molecule has 2 aromatic rings. The monoisotopic (exact) mass is 384 g/mol. The molecule has 3 rings (SSSR count). The minimum atomic E-state index is -0.0799. The molecule has 27 heavy (non-hydrogen) atoms. The van der Waals surface area contributed by atoms with Gasteiger partial charge in [-0.05, 0) is 23.8 Å². The first kappa shape index (κ1) is 19.6. The SMILES string of the molecule is C[N+]1(C)CCC(NC(=O)c2ccccc2C(=N)Cc2ccc(Cl)cc2)CC1. The Hall–Kier alpha value is -2.17. The van der Waals surface area contributed by atoms with Gasteiger partial charge in [-0.25, -0.2) is 0 Å². The first-order valence-electron chi connectivity index (χ1n) is 9.38. The van der Waals surface area contributed by atoms with E-state index in [0.717, 1.165) is 36.0 Å². The molecule has 0 atom stereocenters. The number of benzene rings is 2. The smallest absolute Gasteiger partial charge is 0.252 e. The molecule has 5 heteroatoms. The first-order chi connectivity index (χ1) is 12.8. The van der Waals surface area contributed by atoms with Crippen LogP contribution in [0.1, 0.15) is 34.3 Å². The Bertz CT molecular complexity index is 820. The molecule has 2 aromatic carbocycles. The Balaban J connectivity index is 1.70. The molecule has 0 aromatic heterocycles. The maximum atomic E-state index is 12.9. The molecule has 1 amide bonds. The molecular formula is C22H27ClN3O+. The van der Waals surface area contributed by atoms with E-state index in [0.29, 0.717) is 28.3 Å². The number of nitrogens with zero attached hydrogens (tertiary/aromatic N) is 1. The molecule has 1 aliphatic rings. The summed E-state index contributed by atoms with van der Waals surface area (Å²) in [6.45, 7) is 2.14. The molecule has 1 aliphatic heterocycles. The predicted octanol–water partition coefficient (Wildman–Crippen LogP) is 3.92. The third kappa shape index (κ3) is 5.18. The van der Waals surface area contributed by atoms with Crippen molar-refractivity contribution in [2.75, 3.05) is 27.2 Å². The number of likely N-dealkylation sites (tertiary alicyclic amines) is 1. The van der Waals surface area contributed by atoms with Gasteiger partial charge in [-0.1, -0.05) is 41.9 Å². The van der Waals surface area contributed by atoms with Crippen molar-refractivity contribution in [3.05, 3.63) is 70.2 Å². The number of carbonyl (C=O) groups is 1. The van der Waals surface area contributed by atoms with Gasteiger partial charge >= 0.3 is 0 Å². The van der Waals surface area contributed by atoms with Gasteiger partial charge in [0.05, 0.1) is 27.2 Å². The van der Waals surface area contributed by atoms with Crippen LogP contribution in [0.3, 0.4) is 0 Å². The highest BCUT2D eigenvalue weighted by Gasteiger charge is 2.27. The lowest BCUT2D eigenvalue weighted by Gasteiger charge is -2.37. The summed E-state index contributed by atoms with van der Waals surface area (Å²) in [6.07, 6.45) is 2.45. The Kier molecular flexibility index (Phi) is 5.98. The van der Waals surface area contributed by atoms with Gasteiger partial charge < -0.3 is 15.2 Å². The lowest BCUT2D eigenvalue weighted by Crippen LogP contribution is -2.51. The lowest BCUT2D eigenvalue weighted by atomic mass is 9.96. The molecule has 2 N–H and O–H groups in total. The average Bonchev–Trinajstić information content (AvgIpc) is 2.65. The van der Waals surface area contributed by atoms with E-state index in [1.165, 1.54) is 0 Å². The van der Waals surface area contributed by atoms with E-state index in [4.69, 9.17) is 17.0 Å². The fourth-order valence-electron chi connectivity index (χ4n) is 3.52. The molecule has 0 spiro atoms. The van der Waals surface area contributed by atoms with Gasteiger partial charge in [-0.2, -0.15) is 0 Å². The molecule has 0 saturated carbocycles. The van der Waals surface area contributed by atoms with Gasteiger partial charge in [-0.15, -0.1) is 0 Å². The second-order valence-corrected chi connectivity index (χ2v) is 8.39. The van der Waals surface area contributed by atoms with Crippen molar-refractivity contribution < 1.29 is 9.28 Å². The summed E-state index contributed by atoms with van der Waals surface area (Å²) in [5.41, 5.74) is 2.71. The molecule has 4 nitrogen and oxygen atoms in total. The van der Waals surface area contributed by atoms with Crippen molar-refractivity contribution in [1.29, 1.82) is 5.41 Å². The van der Waals surface area contributed by atoms with E-state index in [9.17, 15) is 4.79 Å². The zero-order valence-corrected chi connectivity index (χ0v) is 16.7. The van der Waals surface area contributed by atoms with Gasteiger partial charge in [-0.3, -0.25) is 4.79 Å². The van der Waals surface area contributed by atoms with Gasteiger partial charge in [0.2, 0.25) is 0 Å². The van der Waals surface area contributed by atoms with Gasteiger partial charge in [0.15, 0.2) is 0 Å². The predicted molar refractivity (Wildman–Crippen MR) is 111 cm³/mol. The topological polar surface area (TPSA) is 53.0 Å². The number of nitrogens with one attached hydrogen (secondary N) is 2. The van der Waals surface area contributed by atoms with E-state index in [-0.39, 0.29) is 11.9 Å². The fraction of sp³-hybridized carbons (Fsp3) is 0.364. The highest BCUT2D eigenvalue weighted by molar-refractivity contribution is 6.30. The third-order valence-corrected chi connectivity index (χ3v) is 5.54. The van der Waals surface area contributed by atoms with E-state index in [1.807, 2.05) is 48.5 Å². The fourth-order valence-corrected chi connectivity index (χ4v) is 3.65. The number of carbonyl (C=O) groups excluding carboxylic acids is 1. The van der Waals surface area contributed by atoms with Crippen LogP contribution in [0.4, 0.5) is 0 Å². The van der Waals surface area contributed by atoms with E-state index >= 15 is 0 Å². The molecule has 1 heterocycles. The molecule has 0 unspecified atom stereocenters. The number of amides is 1. The Morgan fingerprint density at radius 2 is 1.67 bits per heavy atom. The maximum Gasteiger partial charge on any atom is 0.252 e. The van der Waals surface area contributed by atoms with Crippen LogP contribution < -0.4 is 5.32 Å². The number of piperidine rings is 1. The molecule has 1 fully saturated rings. The summed E-state index contributed by atoms with van der Waals surface area (Å²) in [4.78, 5) is 12.9. The number of hydrogen-bond donors (Lipinski definition) is 2. The summed E-state index contributed by atoms with van der Waals surface area (Å²) in [5.74, 6) is -0.0799. The van der Waals surface area contributed by atoms with Crippen LogP contribution in [0.2, 0.25) is 5.02 Å². The van der Waals surface area contributed by atoms with Crippen LogP contribution in [0, 0.1) is 5.41 Å². The maximum absolute atomic E-state index is 12.9. The average molecular weight is 385 g/mol. The van der Waals surface area contributed by atoms with Crippen LogP contribution in [-0.2, 0) is 6.42 Å². The molecule has 1 saturated heterocycles. The standard InChI is InChI=1S/C22H26ClN3O/c1-26(2)13-11-18(12-14-26)25-22(27)20-6-4-3-5-19(20)21(24)15-16-7-9-17(23)10-8-16/h3-10,18,24H,11-15H2,1-2H3/p+1. The van der Waals surface area contributed by atoms with Crippen LogP contribution in [-0.4, -0.2) is 49.3 Å². The zero-order valence-electron chi connectivity index (χ0n) is 16.0. The lowest BCUT2D eigenvalue weighted by molar-refractivity contribution is -0.895. The number of halogens is 1. The van der Waals surface area contributed by atoms with Gasteiger partial charge in [0.25, 0.3) is 5.91 Å². The summed E-state index contributed by atoms with van der Waals surface area (Å²) < 4.78 is 1.01. The summed E-state index contributed by atoms with van der Waals surface area (Å²) in [6, 6.07) is 15.1. The van der Waals surface area contributed by atoms with Crippen molar-refractivity contribution in [2.45, 2.75) is 25.3 Å². The molecular weight excluding hydrogens is 358 g/mol. The highest BCUT2D eigenvalue weighted by Crippen LogP contribution is 2.18. The minimum absolute atomic E-state index is 0.0799. The number of quaternary nitrogens is 1. The Morgan fingerprint density at radius 3 is 2.30 bits per heavy atom. The quantitative estimate of drug-likeness (QED) is 0.595. The molecule has 142 valence electrons. The largest absolute Gasteiger partial charge is 0.349 e. The molecule has 0 radical (unpaired) electrons. The van der Waals surface area contributed by atoms with Crippen molar-refractivity contribution >= 4 is 23.2 Å². The molecule has 0 bridgehead atoms. The van der Waals surface area contributed by atoms with Crippen molar-refractivity contribution in [3.63, 3.8) is 0 Å². The van der Waals surface area contributed by atoms with Crippen molar-refractivity contribution in [3.8, 4) is 0 Å². The Morgan fingerprint density at radius 1 is 1.07 bits per heavy atom. The normalized spacial score (nSPS) is 16.7. The minimum Gasteiger partial charge on any atom is -0.349 e. The van der Waals surface area contributed by atoms with Gasteiger partial charge in [0, 0.05) is 47.2 Å². The summed E-state index contributed by atoms with van der Waals surface area (Å²) in [5, 5.41) is 12.4. The van der Waals surface area contributed by atoms with E-state index in [2.05, 4.69) is 19.4 Å². The van der Waals surface area contributed by atoms with E-state index < -0.39 is 0 Å². The van der Waals surface area contributed by atoms with Crippen LogP contribution in [0.25, 0.3) is 0 Å².